The van der Waals surface area contributed by atoms with Crippen molar-refractivity contribution in [1.82, 2.24) is 15.0 Å². The van der Waals surface area contributed by atoms with Crippen LogP contribution in [0.3, 0.4) is 0 Å². The highest BCUT2D eigenvalue weighted by atomic mass is 16.5. The number of carbonyl (C=O) groups excluding carboxylic acids is 3. The maximum atomic E-state index is 12.5. The molecule has 0 saturated heterocycles. The lowest BCUT2D eigenvalue weighted by Gasteiger charge is -2.12. The third kappa shape index (κ3) is 15.9. The third-order valence-corrected chi connectivity index (χ3v) is 11.1. The Morgan fingerprint density at radius 2 is 0.603 bits per heavy atom. The average Bonchev–Trinajstić information content (AvgIpc) is 3.47. The molecule has 3 heterocycles. The van der Waals surface area contributed by atoms with Crippen molar-refractivity contribution in [3.63, 3.8) is 0 Å². The SMILES string of the molecule is CCO.CCOc1ccc(C(=O)Nc2ccc(OCC)c3ncccc23)cc1.CCOc1ccc(C(=O)Nc2ccc(OCC)c3ncccc23)cc1.CCOc1ccc(C(=O)Nc2ccc(OCC)c3ncccc23)cc1. The molecule has 0 radical (unpaired) electrons. The molecule has 0 aliphatic rings. The zero-order valence-corrected chi connectivity index (χ0v) is 45.0. The molecule has 78 heavy (non-hydrogen) atoms. The van der Waals surface area contributed by atoms with E-state index in [0.717, 1.165) is 50.0 Å². The molecule has 16 nitrogen and oxygen atoms in total. The number of pyridine rings is 3. The highest BCUT2D eigenvalue weighted by Crippen LogP contribution is 2.33. The highest BCUT2D eigenvalue weighted by Gasteiger charge is 2.15. The molecule has 0 unspecified atom stereocenters. The minimum absolute atomic E-state index is 0.183. The van der Waals surface area contributed by atoms with E-state index < -0.39 is 0 Å². The first-order chi connectivity index (χ1) is 38.1. The van der Waals surface area contributed by atoms with Crippen molar-refractivity contribution in [2.24, 2.45) is 0 Å². The van der Waals surface area contributed by atoms with Gasteiger partial charge in [0.1, 0.15) is 51.0 Å². The number of anilines is 3. The fourth-order valence-corrected chi connectivity index (χ4v) is 7.77. The average molecular weight is 1060 g/mol. The molecule has 0 fully saturated rings. The molecular weight excluding hydrogens is 989 g/mol. The van der Waals surface area contributed by atoms with Crippen LogP contribution in [-0.4, -0.2) is 84.0 Å². The molecule has 9 rings (SSSR count). The summed E-state index contributed by atoms with van der Waals surface area (Å²) in [6, 6.07) is 43.4. The number of hydrogen-bond donors (Lipinski definition) is 4. The Bertz CT molecular complexity index is 3000. The van der Waals surface area contributed by atoms with E-state index in [4.69, 9.17) is 33.5 Å². The molecule has 9 aromatic rings. The largest absolute Gasteiger partial charge is 0.494 e. The smallest absolute Gasteiger partial charge is 0.255 e. The number of benzene rings is 6. The molecule has 0 spiro atoms. The number of aliphatic hydroxyl groups is 1. The second-order valence-electron chi connectivity index (χ2n) is 16.4. The number of hydrogen-bond acceptors (Lipinski definition) is 13. The number of aromatic nitrogens is 3. The number of aliphatic hydroxyl groups excluding tert-OH is 1. The molecule has 3 aromatic heterocycles. The van der Waals surface area contributed by atoms with Crippen LogP contribution in [0.4, 0.5) is 17.1 Å². The molecule has 0 atom stereocenters. The number of amides is 3. The Hall–Kier alpha value is -9.28. The lowest BCUT2D eigenvalue weighted by atomic mass is 10.1. The lowest BCUT2D eigenvalue weighted by Crippen LogP contribution is -2.12. The van der Waals surface area contributed by atoms with Crippen molar-refractivity contribution in [2.75, 3.05) is 62.2 Å². The van der Waals surface area contributed by atoms with E-state index in [1.54, 1.807) is 98.3 Å². The van der Waals surface area contributed by atoms with Gasteiger partial charge in [0, 0.05) is 58.0 Å². The Morgan fingerprint density at radius 3 is 0.833 bits per heavy atom. The summed E-state index contributed by atoms with van der Waals surface area (Å²) in [4.78, 5) is 50.7. The molecule has 3 amide bonds. The Balaban J connectivity index is 0.000000184. The highest BCUT2D eigenvalue weighted by molar-refractivity contribution is 6.11. The molecule has 0 saturated carbocycles. The fourth-order valence-electron chi connectivity index (χ4n) is 7.77. The maximum absolute atomic E-state index is 12.5. The molecular formula is C62H66N6O10. The molecule has 16 heteroatoms. The predicted octanol–water partition coefficient (Wildman–Crippen LogP) is 12.9. The van der Waals surface area contributed by atoms with Crippen LogP contribution in [0.1, 0.15) is 79.5 Å². The molecule has 0 aliphatic heterocycles. The normalized spacial score (nSPS) is 10.3. The fraction of sp³-hybridized carbons (Fsp3) is 0.226. The maximum Gasteiger partial charge on any atom is 0.255 e. The standard InChI is InChI=1S/3C20H20N2O3.C2H6O/c3*1-3-24-15-9-7-14(8-10-15)20(23)22-17-11-12-18(25-4-2)19-16(17)6-5-13-21-19;1-2-3/h3*5-13H,3-4H2,1-2H3,(H,22,23);3H,2H2,1H3. The number of carbonyl (C=O) groups is 3. The van der Waals surface area contributed by atoms with E-state index in [-0.39, 0.29) is 24.3 Å². The number of nitrogens with one attached hydrogen (secondary N) is 3. The van der Waals surface area contributed by atoms with Gasteiger partial charge < -0.3 is 49.5 Å². The van der Waals surface area contributed by atoms with Gasteiger partial charge in [0.25, 0.3) is 17.7 Å². The van der Waals surface area contributed by atoms with Crippen LogP contribution in [0.25, 0.3) is 32.7 Å². The summed E-state index contributed by atoms with van der Waals surface area (Å²) in [5.41, 5.74) is 5.98. The lowest BCUT2D eigenvalue weighted by molar-refractivity contribution is 0.101. The first-order valence-electron chi connectivity index (χ1n) is 25.8. The summed E-state index contributed by atoms with van der Waals surface area (Å²) in [7, 11) is 0. The van der Waals surface area contributed by atoms with Gasteiger partial charge in [-0.15, -0.1) is 0 Å². The van der Waals surface area contributed by atoms with E-state index >= 15 is 0 Å². The summed E-state index contributed by atoms with van der Waals surface area (Å²) in [5, 5.41) is 18.9. The molecule has 6 aromatic carbocycles. The van der Waals surface area contributed by atoms with Crippen molar-refractivity contribution < 1.29 is 47.9 Å². The number of fused-ring (bicyclic) bond motifs is 3. The molecule has 0 bridgehead atoms. The summed E-state index contributed by atoms with van der Waals surface area (Å²) in [5.74, 6) is 3.80. The second kappa shape index (κ2) is 30.3. The summed E-state index contributed by atoms with van der Waals surface area (Å²) in [6.45, 7) is 16.9. The van der Waals surface area contributed by atoms with Crippen LogP contribution in [0.5, 0.6) is 34.5 Å². The van der Waals surface area contributed by atoms with Gasteiger partial charge in [-0.25, -0.2) is 0 Å². The minimum Gasteiger partial charge on any atom is -0.494 e. The quantitative estimate of drug-likeness (QED) is 0.0633. The van der Waals surface area contributed by atoms with E-state index in [0.29, 0.717) is 90.6 Å². The van der Waals surface area contributed by atoms with Gasteiger partial charge in [-0.2, -0.15) is 0 Å². The minimum atomic E-state index is -0.183. The molecule has 404 valence electrons. The van der Waals surface area contributed by atoms with E-state index in [2.05, 4.69) is 30.9 Å². The zero-order chi connectivity index (χ0) is 55.7. The van der Waals surface area contributed by atoms with Crippen molar-refractivity contribution in [1.29, 1.82) is 0 Å². The Labute approximate surface area is 454 Å². The number of ether oxygens (including phenoxy) is 6. The van der Waals surface area contributed by atoms with Crippen LogP contribution in [0.15, 0.2) is 164 Å². The van der Waals surface area contributed by atoms with Crippen LogP contribution in [0, 0.1) is 0 Å². The summed E-state index contributed by atoms with van der Waals surface area (Å²) < 4.78 is 33.0. The van der Waals surface area contributed by atoms with E-state index in [1.165, 1.54) is 0 Å². The second-order valence-corrected chi connectivity index (χ2v) is 16.4. The van der Waals surface area contributed by atoms with E-state index in [1.807, 2.05) is 114 Å². The van der Waals surface area contributed by atoms with Gasteiger partial charge in [-0.3, -0.25) is 29.3 Å². The first kappa shape index (κ1) is 58.0. The van der Waals surface area contributed by atoms with Crippen LogP contribution in [0.2, 0.25) is 0 Å². The summed E-state index contributed by atoms with van der Waals surface area (Å²) in [6.07, 6.45) is 5.13. The topological polar surface area (TPSA) is 202 Å². The monoisotopic (exact) mass is 1050 g/mol. The van der Waals surface area contributed by atoms with Crippen molar-refractivity contribution in [2.45, 2.75) is 48.5 Å². The summed E-state index contributed by atoms with van der Waals surface area (Å²) >= 11 is 0. The van der Waals surface area contributed by atoms with Crippen molar-refractivity contribution in [3.8, 4) is 34.5 Å². The zero-order valence-electron chi connectivity index (χ0n) is 45.0. The Kier molecular flexibility index (Phi) is 22.5. The van der Waals surface area contributed by atoms with Crippen molar-refractivity contribution >= 4 is 67.5 Å². The van der Waals surface area contributed by atoms with Gasteiger partial charge in [0.2, 0.25) is 0 Å². The van der Waals surface area contributed by atoms with Gasteiger partial charge in [-0.05, 0) is 194 Å². The van der Waals surface area contributed by atoms with E-state index in [9.17, 15) is 14.4 Å². The predicted molar refractivity (Wildman–Crippen MR) is 308 cm³/mol. The number of rotatable bonds is 18. The van der Waals surface area contributed by atoms with Gasteiger partial charge in [0.15, 0.2) is 0 Å². The van der Waals surface area contributed by atoms with Crippen molar-refractivity contribution in [3.05, 3.63) is 181 Å². The van der Waals surface area contributed by atoms with Crippen LogP contribution < -0.4 is 44.4 Å². The van der Waals surface area contributed by atoms with Crippen LogP contribution >= 0.6 is 0 Å². The van der Waals surface area contributed by atoms with Gasteiger partial charge >= 0.3 is 0 Å². The molecule has 4 N–H and O–H groups in total. The molecule has 0 aliphatic carbocycles. The third-order valence-electron chi connectivity index (χ3n) is 11.1. The van der Waals surface area contributed by atoms with Gasteiger partial charge in [0.05, 0.1) is 56.7 Å². The van der Waals surface area contributed by atoms with Crippen LogP contribution in [-0.2, 0) is 0 Å². The number of nitrogens with zero attached hydrogens (tertiary/aromatic N) is 3. The van der Waals surface area contributed by atoms with Gasteiger partial charge in [-0.1, -0.05) is 0 Å². The Morgan fingerprint density at radius 1 is 0.359 bits per heavy atom. The first-order valence-corrected chi connectivity index (χ1v) is 25.8.